The number of hydrogen-bond donors (Lipinski definition) is 0. The van der Waals surface area contributed by atoms with Gasteiger partial charge in [-0.15, -0.1) is 21.9 Å². The van der Waals surface area contributed by atoms with Gasteiger partial charge < -0.3 is 14.2 Å². The molecular weight excluding hydrogens is 612 g/mol. The van der Waals surface area contributed by atoms with E-state index in [1.165, 1.54) is 127 Å². The predicted molar refractivity (Wildman–Crippen MR) is 289 cm³/mol. The molecule has 0 N–H and O–H groups in total. The van der Waals surface area contributed by atoms with Crippen LogP contribution in [-0.4, -0.2) is 160 Å². The van der Waals surface area contributed by atoms with Crippen LogP contribution in [0.3, 0.4) is 0 Å². The Hall–Kier alpha value is -2.17. The van der Waals surface area contributed by atoms with Gasteiger partial charge in [0.05, 0.1) is 11.2 Å². The molecule has 1 heterocycles. The normalized spacial score (nSPS) is 14.9. The predicted octanol–water partition coefficient (Wildman–Crippen LogP) is -24.2. The molecule has 242 valence electrons. The zero-order chi connectivity index (χ0) is 39.4. The molecule has 1 fully saturated rings. The molecule has 0 amide bonds. The number of rotatable bonds is 5. The van der Waals surface area contributed by atoms with E-state index in [-0.39, 0.29) is 0 Å². The first-order valence-electron chi connectivity index (χ1n) is 19.3. The molecule has 0 radical (unpaired) electrons. The molecular formula is C30H48B19NO2. The Balaban J connectivity index is 1.94. The molecule has 1 saturated heterocycles. The SMILES string of the molecule is Bc1c(B)c(B)c(-c2c(B)c(B)c(N(c3c(B)c(B)c(B)c(B)c3B)c3c(B)c(B)c(B4OC(C)(C)C(C)(C)O4)c(B)c3B)c(B)c2B)c(B)c1B. The van der Waals surface area contributed by atoms with Crippen LogP contribution in [0.25, 0.3) is 11.1 Å². The zero-order valence-corrected chi connectivity index (χ0v) is 36.8. The highest BCUT2D eigenvalue weighted by atomic mass is 16.7. The number of nitrogens with zero attached hydrogens (tertiary/aromatic N) is 1. The second-order valence-corrected chi connectivity index (χ2v) is 17.4. The molecule has 4 aromatic rings. The van der Waals surface area contributed by atoms with Gasteiger partial charge >= 0.3 is 7.12 Å². The van der Waals surface area contributed by atoms with Gasteiger partial charge in [-0.1, -0.05) is 76.5 Å². The molecule has 0 aromatic heterocycles. The van der Waals surface area contributed by atoms with Gasteiger partial charge in [-0.25, -0.2) is 0 Å². The van der Waals surface area contributed by atoms with E-state index in [2.05, 4.69) is 174 Å². The van der Waals surface area contributed by atoms with Gasteiger partial charge in [0.1, 0.15) is 141 Å². The average Bonchev–Trinajstić information content (AvgIpc) is 3.29. The first-order valence-corrected chi connectivity index (χ1v) is 19.3. The minimum atomic E-state index is -0.419. The molecule has 0 saturated carbocycles. The van der Waals surface area contributed by atoms with E-state index in [0.29, 0.717) is 0 Å². The van der Waals surface area contributed by atoms with Crippen LogP contribution >= 0.6 is 0 Å². The summed E-state index contributed by atoms with van der Waals surface area (Å²) in [6, 6.07) is 0. The molecule has 0 bridgehead atoms. The standard InChI is InChI=1S/C30H48B19NO2/c1-29(2)30(3,4)52-49(51-29)25-17(41)23(47)28(24(48)18(25)42)50(27-21(45)15(39)14(38)16(40)22(27)46)26-19(43)9(33)6(10(34)20(26)44)5-7(31)11(35)13(37)12(36)8(5)32/h31-48H2,1-4H3. The Kier molecular flexibility index (Phi) is 10.9. The zero-order valence-electron chi connectivity index (χ0n) is 36.8. The van der Waals surface area contributed by atoms with Crippen molar-refractivity contribution in [2.24, 2.45) is 0 Å². The summed E-state index contributed by atoms with van der Waals surface area (Å²) in [5.41, 5.74) is 31.1. The van der Waals surface area contributed by atoms with Crippen molar-refractivity contribution in [2.45, 2.75) is 38.9 Å². The smallest absolute Gasteiger partial charge is 0.399 e. The fourth-order valence-corrected chi connectivity index (χ4v) is 9.00. The number of benzene rings is 4. The molecule has 3 nitrogen and oxygen atoms in total. The molecule has 0 spiro atoms. The van der Waals surface area contributed by atoms with Crippen LogP contribution in [0.4, 0.5) is 17.1 Å². The van der Waals surface area contributed by atoms with E-state index < -0.39 is 18.3 Å². The molecule has 1 aliphatic heterocycles. The summed E-state index contributed by atoms with van der Waals surface area (Å²) < 4.78 is 13.4. The van der Waals surface area contributed by atoms with E-state index >= 15 is 0 Å². The van der Waals surface area contributed by atoms with Crippen LogP contribution in [0.15, 0.2) is 0 Å². The third kappa shape index (κ3) is 5.95. The van der Waals surface area contributed by atoms with Crippen molar-refractivity contribution >= 4 is 269 Å². The summed E-state index contributed by atoms with van der Waals surface area (Å²) in [5, 5.41) is 0. The molecule has 0 aliphatic carbocycles. The van der Waals surface area contributed by atoms with Gasteiger partial charge in [-0.3, -0.25) is 0 Å². The highest BCUT2D eigenvalue weighted by molar-refractivity contribution is 6.78. The van der Waals surface area contributed by atoms with Crippen molar-refractivity contribution < 1.29 is 9.31 Å². The van der Waals surface area contributed by atoms with Crippen LogP contribution in [0.2, 0.25) is 0 Å². The van der Waals surface area contributed by atoms with Crippen molar-refractivity contribution in [3.63, 3.8) is 0 Å². The second kappa shape index (κ2) is 13.8. The lowest BCUT2D eigenvalue weighted by Gasteiger charge is -2.39. The maximum atomic E-state index is 6.71. The molecule has 22 heteroatoms. The van der Waals surface area contributed by atoms with Crippen LogP contribution in [0, 0.1) is 0 Å². The monoisotopic (exact) mass is 664 g/mol. The van der Waals surface area contributed by atoms with Gasteiger partial charge in [0.25, 0.3) is 0 Å². The van der Waals surface area contributed by atoms with E-state index in [1.54, 1.807) is 0 Å². The van der Waals surface area contributed by atoms with Crippen molar-refractivity contribution in [1.29, 1.82) is 0 Å². The number of anilines is 3. The van der Waals surface area contributed by atoms with Crippen molar-refractivity contribution in [3.05, 3.63) is 0 Å². The third-order valence-corrected chi connectivity index (χ3v) is 14.6. The van der Waals surface area contributed by atoms with E-state index in [1.807, 2.05) is 0 Å². The lowest BCUT2D eigenvalue weighted by atomic mass is 9.56. The van der Waals surface area contributed by atoms with E-state index in [9.17, 15) is 0 Å². The van der Waals surface area contributed by atoms with Gasteiger partial charge in [0, 0.05) is 17.1 Å². The quantitative estimate of drug-likeness (QED) is 0.199. The molecule has 4 aromatic carbocycles. The lowest BCUT2D eigenvalue weighted by Crippen LogP contribution is -2.64. The first-order chi connectivity index (χ1) is 23.8. The first kappa shape index (κ1) is 41.0. The van der Waals surface area contributed by atoms with Gasteiger partial charge in [-0.05, 0) is 44.3 Å². The largest absolute Gasteiger partial charge is 0.493 e. The van der Waals surface area contributed by atoms with E-state index in [0.717, 1.165) is 5.46 Å². The summed E-state index contributed by atoms with van der Waals surface area (Å²) in [5.74, 6) is 0. The van der Waals surface area contributed by atoms with Crippen LogP contribution in [0.5, 0.6) is 0 Å². The Morgan fingerprint density at radius 3 is 0.846 bits per heavy atom. The summed E-state index contributed by atoms with van der Waals surface area (Å²) in [6.07, 6.45) is 0. The molecule has 0 unspecified atom stereocenters. The van der Waals surface area contributed by atoms with Crippen LogP contribution in [0.1, 0.15) is 27.7 Å². The summed E-state index contributed by atoms with van der Waals surface area (Å²) in [4.78, 5) is 2.66. The molecule has 1 aliphatic rings. The van der Waals surface area contributed by atoms with Gasteiger partial charge in [-0.2, -0.15) is 0 Å². The molecule has 5 rings (SSSR count). The summed E-state index contributed by atoms with van der Waals surface area (Å²) in [7, 11) is 41.1. The highest BCUT2D eigenvalue weighted by Gasteiger charge is 2.52. The highest BCUT2D eigenvalue weighted by Crippen LogP contribution is 2.36. The average molecular weight is 660 g/mol. The fourth-order valence-electron chi connectivity index (χ4n) is 9.00. The maximum absolute atomic E-state index is 6.71. The molecule has 0 atom stereocenters. The number of hydrogen-bond acceptors (Lipinski definition) is 3. The minimum Gasteiger partial charge on any atom is -0.399 e. The van der Waals surface area contributed by atoms with Gasteiger partial charge in [0.15, 0.2) is 0 Å². The van der Waals surface area contributed by atoms with Crippen LogP contribution < -0.4 is 109 Å². The van der Waals surface area contributed by atoms with E-state index in [4.69, 9.17) is 9.31 Å². The summed E-state index contributed by atoms with van der Waals surface area (Å²) >= 11 is 0. The third-order valence-electron chi connectivity index (χ3n) is 14.6. The van der Waals surface area contributed by atoms with Crippen molar-refractivity contribution in [2.75, 3.05) is 4.90 Å². The van der Waals surface area contributed by atoms with Crippen molar-refractivity contribution in [3.8, 4) is 11.1 Å². The Morgan fingerprint density at radius 1 is 0.327 bits per heavy atom. The lowest BCUT2D eigenvalue weighted by molar-refractivity contribution is 0.00578. The Labute approximate surface area is 331 Å². The Morgan fingerprint density at radius 2 is 0.538 bits per heavy atom. The maximum Gasteiger partial charge on any atom is 0.493 e. The fraction of sp³-hybridized carbons (Fsp3) is 0.200. The van der Waals surface area contributed by atoms with Gasteiger partial charge in [0.2, 0.25) is 0 Å². The Bertz CT molecular complexity index is 2090. The topological polar surface area (TPSA) is 21.7 Å². The summed E-state index contributed by atoms with van der Waals surface area (Å²) in [6.45, 7) is 8.57. The van der Waals surface area contributed by atoms with Crippen LogP contribution in [-0.2, 0) is 9.31 Å². The molecule has 52 heavy (non-hydrogen) atoms. The van der Waals surface area contributed by atoms with Crippen molar-refractivity contribution in [1.82, 2.24) is 0 Å². The second-order valence-electron chi connectivity index (χ2n) is 17.4. The minimum absolute atomic E-state index is 0.412.